The van der Waals surface area contributed by atoms with Crippen molar-refractivity contribution >= 4 is 33.5 Å². The third-order valence-electron chi connectivity index (χ3n) is 3.43. The second kappa shape index (κ2) is 4.37. The minimum absolute atomic E-state index is 0.207. The van der Waals surface area contributed by atoms with Gasteiger partial charge in [-0.3, -0.25) is 14.4 Å². The molecule has 1 saturated carbocycles. The van der Waals surface area contributed by atoms with Crippen LogP contribution < -0.4 is 0 Å². The van der Waals surface area contributed by atoms with Gasteiger partial charge in [0.2, 0.25) is 0 Å². The van der Waals surface area contributed by atoms with Gasteiger partial charge in [0.25, 0.3) is 0 Å². The zero-order chi connectivity index (χ0) is 12.6. The molecule has 0 saturated heterocycles. The number of rotatable bonds is 2. The number of ether oxygens (including phenoxy) is 1. The van der Waals surface area contributed by atoms with Gasteiger partial charge in [-0.25, -0.2) is 0 Å². The third-order valence-corrected chi connectivity index (χ3v) is 4.33. The van der Waals surface area contributed by atoms with Crippen molar-refractivity contribution in [1.82, 2.24) is 0 Å². The Morgan fingerprint density at radius 1 is 1.59 bits per heavy atom. The summed E-state index contributed by atoms with van der Waals surface area (Å²) in [7, 11) is 0. The number of Topliss-reactive ketones (excluding diaryl/α,β-unsaturated/α-hetero) is 1. The van der Waals surface area contributed by atoms with E-state index in [1.807, 2.05) is 0 Å². The Morgan fingerprint density at radius 2 is 2.29 bits per heavy atom. The molecule has 92 valence electrons. The van der Waals surface area contributed by atoms with E-state index in [1.165, 1.54) is 6.08 Å². The number of halogens is 1. The molecule has 0 radical (unpaired) electrons. The molecule has 0 aromatic rings. The van der Waals surface area contributed by atoms with Crippen molar-refractivity contribution < 1.29 is 19.1 Å². The summed E-state index contributed by atoms with van der Waals surface area (Å²) in [4.78, 5) is 36.0. The third kappa shape index (κ3) is 1.68. The Hall–Kier alpha value is -0.970. The molecule has 2 unspecified atom stereocenters. The number of allylic oxidation sites excluding steroid dienone is 1. The Balaban J connectivity index is 2.49. The summed E-state index contributed by atoms with van der Waals surface area (Å²) in [6, 6.07) is 0. The molecular weight excluding hydrogens is 288 g/mol. The highest BCUT2D eigenvalue weighted by Crippen LogP contribution is 2.48. The van der Waals surface area contributed by atoms with Crippen LogP contribution in [0.1, 0.15) is 26.2 Å². The molecule has 4 nitrogen and oxygen atoms in total. The van der Waals surface area contributed by atoms with Gasteiger partial charge in [0.1, 0.15) is 0 Å². The minimum atomic E-state index is -1.26. The minimum Gasteiger partial charge on any atom is -0.465 e. The molecule has 0 amide bonds. The SMILES string of the molecule is CCOC(=O)C12CCCC(C(=O)C=C1Br)C2=O. The van der Waals surface area contributed by atoms with Gasteiger partial charge >= 0.3 is 5.97 Å². The zero-order valence-corrected chi connectivity index (χ0v) is 11.1. The van der Waals surface area contributed by atoms with Gasteiger partial charge in [-0.05, 0) is 25.8 Å². The average Bonchev–Trinajstić information content (AvgIpc) is 2.27. The van der Waals surface area contributed by atoms with E-state index < -0.39 is 17.3 Å². The molecule has 2 rings (SSSR count). The van der Waals surface area contributed by atoms with E-state index in [0.717, 1.165) is 0 Å². The van der Waals surface area contributed by atoms with Crippen LogP contribution in [0.4, 0.5) is 0 Å². The molecule has 5 heteroatoms. The van der Waals surface area contributed by atoms with Crippen LogP contribution in [0.5, 0.6) is 0 Å². The predicted molar refractivity (Wildman–Crippen MR) is 63.4 cm³/mol. The monoisotopic (exact) mass is 300 g/mol. The maximum Gasteiger partial charge on any atom is 0.324 e. The first-order chi connectivity index (χ1) is 8.04. The lowest BCUT2D eigenvalue weighted by molar-refractivity contribution is -0.161. The summed E-state index contributed by atoms with van der Waals surface area (Å²) in [5, 5.41) is 0. The Kier molecular flexibility index (Phi) is 3.21. The number of hydrogen-bond donors (Lipinski definition) is 0. The van der Waals surface area contributed by atoms with Crippen molar-refractivity contribution in [3.63, 3.8) is 0 Å². The van der Waals surface area contributed by atoms with Gasteiger partial charge in [-0.1, -0.05) is 22.4 Å². The second-order valence-electron chi connectivity index (χ2n) is 4.33. The lowest BCUT2D eigenvalue weighted by atomic mass is 9.64. The highest BCUT2D eigenvalue weighted by Gasteiger charge is 2.57. The fourth-order valence-electron chi connectivity index (χ4n) is 2.53. The second-order valence-corrected chi connectivity index (χ2v) is 5.18. The quantitative estimate of drug-likeness (QED) is 0.576. The molecule has 0 heterocycles. The molecule has 2 aliphatic carbocycles. The fraction of sp³-hybridized carbons (Fsp3) is 0.583. The first-order valence-corrected chi connectivity index (χ1v) is 6.46. The number of hydrogen-bond acceptors (Lipinski definition) is 4. The number of esters is 1. The average molecular weight is 301 g/mol. The van der Waals surface area contributed by atoms with E-state index in [-0.39, 0.29) is 18.2 Å². The van der Waals surface area contributed by atoms with Crippen LogP contribution >= 0.6 is 15.9 Å². The van der Waals surface area contributed by atoms with Crippen molar-refractivity contribution in [2.24, 2.45) is 11.3 Å². The highest BCUT2D eigenvalue weighted by atomic mass is 79.9. The van der Waals surface area contributed by atoms with Crippen molar-refractivity contribution in [2.75, 3.05) is 6.61 Å². The zero-order valence-electron chi connectivity index (χ0n) is 9.49. The number of fused-ring (bicyclic) bond motifs is 2. The summed E-state index contributed by atoms with van der Waals surface area (Å²) < 4.78 is 5.35. The summed E-state index contributed by atoms with van der Waals surface area (Å²) in [5.41, 5.74) is -1.26. The highest BCUT2D eigenvalue weighted by molar-refractivity contribution is 9.11. The molecule has 0 spiro atoms. The smallest absolute Gasteiger partial charge is 0.324 e. The number of carbonyl (C=O) groups excluding carboxylic acids is 3. The molecular formula is C12H13BrO4. The van der Waals surface area contributed by atoms with Crippen molar-refractivity contribution in [1.29, 1.82) is 0 Å². The van der Waals surface area contributed by atoms with Crippen molar-refractivity contribution in [3.8, 4) is 0 Å². The summed E-state index contributed by atoms with van der Waals surface area (Å²) >= 11 is 3.20. The van der Waals surface area contributed by atoms with Gasteiger partial charge in [0.05, 0.1) is 12.5 Å². The van der Waals surface area contributed by atoms with E-state index in [1.54, 1.807) is 6.92 Å². The Bertz CT molecular complexity index is 426. The van der Waals surface area contributed by atoms with Crippen LogP contribution in [0.25, 0.3) is 0 Å². The van der Waals surface area contributed by atoms with E-state index in [4.69, 9.17) is 4.74 Å². The molecule has 1 fully saturated rings. The number of ketones is 2. The molecule has 0 aromatic heterocycles. The van der Waals surface area contributed by atoms with Gasteiger partial charge in [0, 0.05) is 4.48 Å². The predicted octanol–water partition coefficient (Wildman–Crippen LogP) is 1.77. The van der Waals surface area contributed by atoms with Crippen LogP contribution in [0.3, 0.4) is 0 Å². The molecule has 0 aromatic carbocycles. The fourth-order valence-corrected chi connectivity index (χ4v) is 3.32. The standard InChI is InChI=1S/C12H13BrO4/c1-2-17-11(16)12-5-3-4-7(10(12)15)8(14)6-9(12)13/h6-7H,2-5H2,1H3. The Morgan fingerprint density at radius 3 is 2.94 bits per heavy atom. The molecule has 0 N–H and O–H groups in total. The maximum atomic E-state index is 12.3. The molecule has 17 heavy (non-hydrogen) atoms. The van der Waals surface area contributed by atoms with Crippen LogP contribution in [0.2, 0.25) is 0 Å². The first kappa shape index (κ1) is 12.5. The van der Waals surface area contributed by atoms with Crippen molar-refractivity contribution in [2.45, 2.75) is 26.2 Å². The van der Waals surface area contributed by atoms with Crippen LogP contribution in [0.15, 0.2) is 10.6 Å². The van der Waals surface area contributed by atoms with Gasteiger partial charge in [-0.2, -0.15) is 0 Å². The van der Waals surface area contributed by atoms with Crippen LogP contribution in [-0.4, -0.2) is 24.1 Å². The van der Waals surface area contributed by atoms with E-state index in [0.29, 0.717) is 23.7 Å². The summed E-state index contributed by atoms with van der Waals surface area (Å²) in [6.07, 6.45) is 3.01. The lowest BCUT2D eigenvalue weighted by Gasteiger charge is -2.39. The first-order valence-electron chi connectivity index (χ1n) is 5.67. The summed E-state index contributed by atoms with van der Waals surface area (Å²) in [5.74, 6) is -1.71. The molecule has 2 aliphatic rings. The Labute approximate surface area is 108 Å². The topological polar surface area (TPSA) is 60.4 Å². The van der Waals surface area contributed by atoms with E-state index in [9.17, 15) is 14.4 Å². The van der Waals surface area contributed by atoms with Gasteiger partial charge < -0.3 is 4.74 Å². The van der Waals surface area contributed by atoms with Gasteiger partial charge in [0.15, 0.2) is 17.0 Å². The summed E-state index contributed by atoms with van der Waals surface area (Å²) in [6.45, 7) is 1.93. The van der Waals surface area contributed by atoms with E-state index in [2.05, 4.69) is 15.9 Å². The molecule has 0 aliphatic heterocycles. The maximum absolute atomic E-state index is 12.3. The largest absolute Gasteiger partial charge is 0.465 e. The normalized spacial score (nSPS) is 32.1. The van der Waals surface area contributed by atoms with E-state index >= 15 is 0 Å². The molecule has 2 atom stereocenters. The van der Waals surface area contributed by atoms with Crippen LogP contribution in [-0.2, 0) is 19.1 Å². The van der Waals surface area contributed by atoms with Gasteiger partial charge in [-0.15, -0.1) is 0 Å². The van der Waals surface area contributed by atoms with Crippen molar-refractivity contribution in [3.05, 3.63) is 10.6 Å². The van der Waals surface area contributed by atoms with Crippen LogP contribution in [0, 0.1) is 11.3 Å². The molecule has 2 bridgehead atoms. The lowest BCUT2D eigenvalue weighted by Crippen LogP contribution is -2.51. The number of carbonyl (C=O) groups is 3.